The van der Waals surface area contributed by atoms with Crippen LogP contribution in [0.1, 0.15) is 48.5 Å². The molecule has 3 heterocycles. The molecule has 242 valence electrons. The molecule has 2 amide bonds. The number of hydrogen-bond donors (Lipinski definition) is 1. The summed E-state index contributed by atoms with van der Waals surface area (Å²) in [5.41, 5.74) is 8.00. The molecule has 2 aromatic carbocycles. The van der Waals surface area contributed by atoms with E-state index in [0.717, 1.165) is 43.6 Å². The molecule has 0 aliphatic carbocycles. The maximum Gasteiger partial charge on any atom is 0.257 e. The number of halogens is 2. The zero-order valence-corrected chi connectivity index (χ0v) is 27.7. The number of methoxy groups -OCH3 is 1. The summed E-state index contributed by atoms with van der Waals surface area (Å²) in [6.07, 6.45) is 11.7. The Morgan fingerprint density at radius 3 is 2.50 bits per heavy atom. The van der Waals surface area contributed by atoms with Gasteiger partial charge in [0.2, 0.25) is 5.91 Å². The van der Waals surface area contributed by atoms with Crippen molar-refractivity contribution in [3.8, 4) is 11.4 Å². The van der Waals surface area contributed by atoms with Crippen LogP contribution in [-0.4, -0.2) is 81.7 Å². The third kappa shape index (κ3) is 6.61. The number of carbonyl (C=O) groups is 2. The fraction of sp³-hybridized carbons (Fsp3) is 0.382. The number of piperidine rings is 1. The monoisotopic (exact) mass is 663 g/mol. The quantitative estimate of drug-likeness (QED) is 0.273. The fourth-order valence-corrected chi connectivity index (χ4v) is 7.12. The van der Waals surface area contributed by atoms with Crippen LogP contribution in [-0.2, 0) is 10.2 Å². The number of tetrazole rings is 1. The molecule has 2 fully saturated rings. The summed E-state index contributed by atoms with van der Waals surface area (Å²) >= 11 is 12.8. The largest absolute Gasteiger partial charge is 0.496 e. The minimum Gasteiger partial charge on any atom is -0.496 e. The number of hydrogen-bond acceptors (Lipinski definition) is 7. The lowest BCUT2D eigenvalue weighted by molar-refractivity contribution is -0.127. The summed E-state index contributed by atoms with van der Waals surface area (Å²) in [5, 5.41) is 12.3. The van der Waals surface area contributed by atoms with E-state index in [-0.39, 0.29) is 17.2 Å². The first-order chi connectivity index (χ1) is 22.2. The lowest BCUT2D eigenvalue weighted by Crippen LogP contribution is -2.49. The van der Waals surface area contributed by atoms with Crippen molar-refractivity contribution in [2.75, 3.05) is 39.8 Å². The lowest BCUT2D eigenvalue weighted by atomic mass is 9.71. The third-order valence-electron chi connectivity index (χ3n) is 9.56. The molecule has 10 nitrogen and oxygen atoms in total. The Hall–Kier alpha value is -3.99. The van der Waals surface area contributed by atoms with E-state index in [1.165, 1.54) is 11.0 Å². The van der Waals surface area contributed by atoms with Gasteiger partial charge in [0.25, 0.3) is 5.91 Å². The molecule has 0 radical (unpaired) electrons. The van der Waals surface area contributed by atoms with Gasteiger partial charge in [-0.2, -0.15) is 0 Å². The Bertz CT molecular complexity index is 1650. The number of carbonyl (C=O) groups excluding carboxylic acids is 2. The predicted molar refractivity (Wildman–Crippen MR) is 179 cm³/mol. The maximum atomic E-state index is 14.1. The second kappa shape index (κ2) is 14.2. The van der Waals surface area contributed by atoms with Gasteiger partial charge in [-0.3, -0.25) is 9.59 Å². The number of benzene rings is 2. The highest BCUT2D eigenvalue weighted by molar-refractivity contribution is 6.42. The standard InChI is InChI=1S/C34H39Cl2N7O3/c1-4-6-7-24(5-2)34(32(37)45)14-17-41(18-15-34)16-12-33(25-8-10-28(35)29(36)20-25)13-19-42(22-33)31(44)27-21-26(9-11-30(27)46-3)43-23-38-39-40-43/h4-11,20-21,23H,1,12-19,22H2,2-3H3,(H2,37,45)/b7-6-,24-5+/t33-/m0/s1. The van der Waals surface area contributed by atoms with E-state index in [2.05, 4.69) is 27.0 Å². The van der Waals surface area contributed by atoms with Crippen LogP contribution in [0.15, 0.2) is 79.2 Å². The highest BCUT2D eigenvalue weighted by atomic mass is 35.5. The van der Waals surface area contributed by atoms with Gasteiger partial charge in [-0.15, -0.1) is 5.10 Å². The number of aromatic nitrogens is 4. The van der Waals surface area contributed by atoms with Crippen LogP contribution in [0, 0.1) is 5.41 Å². The molecule has 3 aromatic rings. The molecule has 0 saturated carbocycles. The van der Waals surface area contributed by atoms with Crippen LogP contribution in [0.2, 0.25) is 10.0 Å². The first-order valence-electron chi connectivity index (χ1n) is 15.3. The average molecular weight is 665 g/mol. The van der Waals surface area contributed by atoms with Crippen LogP contribution in [0.5, 0.6) is 5.75 Å². The second-order valence-corrected chi connectivity index (χ2v) is 12.7. The normalized spacial score (nSPS) is 20.3. The molecular formula is C34H39Cl2N7O3. The van der Waals surface area contributed by atoms with Gasteiger partial charge in [0.05, 0.1) is 33.8 Å². The predicted octanol–water partition coefficient (Wildman–Crippen LogP) is 5.41. The van der Waals surface area contributed by atoms with Crippen molar-refractivity contribution in [2.45, 2.75) is 38.0 Å². The van der Waals surface area contributed by atoms with Gasteiger partial charge in [0, 0.05) is 18.5 Å². The van der Waals surface area contributed by atoms with Crippen LogP contribution < -0.4 is 10.5 Å². The lowest BCUT2D eigenvalue weighted by Gasteiger charge is -2.42. The molecule has 12 heteroatoms. The van der Waals surface area contributed by atoms with Crippen molar-refractivity contribution in [2.24, 2.45) is 11.1 Å². The Morgan fingerprint density at radius 1 is 1.09 bits per heavy atom. The minimum atomic E-state index is -0.710. The molecule has 1 aromatic heterocycles. The number of rotatable bonds is 11. The van der Waals surface area contributed by atoms with Crippen LogP contribution >= 0.6 is 23.2 Å². The fourth-order valence-electron chi connectivity index (χ4n) is 6.82. The van der Waals surface area contributed by atoms with Crippen molar-refractivity contribution < 1.29 is 14.3 Å². The van der Waals surface area contributed by atoms with E-state index in [1.54, 1.807) is 31.4 Å². The summed E-state index contributed by atoms with van der Waals surface area (Å²) in [6.45, 7) is 8.98. The van der Waals surface area contributed by atoms with E-state index in [1.807, 2.05) is 48.3 Å². The molecule has 2 N–H and O–H groups in total. The number of nitrogens with zero attached hydrogens (tertiary/aromatic N) is 6. The highest BCUT2D eigenvalue weighted by Gasteiger charge is 2.45. The number of allylic oxidation sites excluding steroid dienone is 4. The number of likely N-dealkylation sites (tertiary alicyclic amines) is 2. The van der Waals surface area contributed by atoms with Gasteiger partial charge < -0.3 is 20.3 Å². The molecule has 2 aliphatic rings. The Labute approximate surface area is 279 Å². The van der Waals surface area contributed by atoms with Gasteiger partial charge in [0.1, 0.15) is 12.1 Å². The highest BCUT2D eigenvalue weighted by Crippen LogP contribution is 2.43. The zero-order chi connectivity index (χ0) is 32.9. The molecule has 0 unspecified atom stereocenters. The van der Waals surface area contributed by atoms with Gasteiger partial charge >= 0.3 is 0 Å². The number of primary amides is 1. The summed E-state index contributed by atoms with van der Waals surface area (Å²) < 4.78 is 7.08. The molecule has 1 atom stereocenters. The molecular weight excluding hydrogens is 625 g/mol. The van der Waals surface area contributed by atoms with Crippen molar-refractivity contribution >= 4 is 35.0 Å². The molecule has 2 saturated heterocycles. The van der Waals surface area contributed by atoms with E-state index in [0.29, 0.717) is 53.0 Å². The summed E-state index contributed by atoms with van der Waals surface area (Å²) in [7, 11) is 1.55. The van der Waals surface area contributed by atoms with Crippen LogP contribution in [0.4, 0.5) is 0 Å². The average Bonchev–Trinajstić information content (AvgIpc) is 3.77. The topological polar surface area (TPSA) is 119 Å². The summed E-state index contributed by atoms with van der Waals surface area (Å²) in [4.78, 5) is 31.1. The molecule has 0 bridgehead atoms. The first-order valence-corrected chi connectivity index (χ1v) is 16.1. The maximum absolute atomic E-state index is 14.1. The first kappa shape index (κ1) is 33.4. The van der Waals surface area contributed by atoms with Crippen molar-refractivity contribution in [1.29, 1.82) is 0 Å². The Morgan fingerprint density at radius 2 is 1.87 bits per heavy atom. The van der Waals surface area contributed by atoms with E-state index in [9.17, 15) is 9.59 Å². The van der Waals surface area contributed by atoms with Crippen LogP contribution in [0.3, 0.4) is 0 Å². The third-order valence-corrected chi connectivity index (χ3v) is 10.3. The number of amides is 2. The van der Waals surface area contributed by atoms with Crippen molar-refractivity contribution in [3.63, 3.8) is 0 Å². The Kier molecular flexibility index (Phi) is 10.3. The van der Waals surface area contributed by atoms with E-state index in [4.69, 9.17) is 33.7 Å². The SMILES string of the molecule is C=C/C=C\C(=C/C)C1(C(N)=O)CCN(CC[C@]2(c3ccc(Cl)c(Cl)c3)CCN(C(=O)c3cc(-n4cnnn4)ccc3OC)C2)CC1. The number of ether oxygens (including phenoxy) is 1. The molecule has 5 rings (SSSR count). The smallest absolute Gasteiger partial charge is 0.257 e. The van der Waals surface area contributed by atoms with Crippen molar-refractivity contribution in [3.05, 3.63) is 100 Å². The Balaban J connectivity index is 1.37. The summed E-state index contributed by atoms with van der Waals surface area (Å²) in [5.74, 6) is 0.0405. The van der Waals surface area contributed by atoms with Gasteiger partial charge in [-0.1, -0.05) is 60.2 Å². The number of nitrogens with two attached hydrogens (primary N) is 1. The van der Waals surface area contributed by atoms with Gasteiger partial charge in [0.15, 0.2) is 0 Å². The minimum absolute atomic E-state index is 0.135. The van der Waals surface area contributed by atoms with E-state index < -0.39 is 5.41 Å². The van der Waals surface area contributed by atoms with Crippen molar-refractivity contribution in [1.82, 2.24) is 30.0 Å². The molecule has 46 heavy (non-hydrogen) atoms. The van der Waals surface area contributed by atoms with Gasteiger partial charge in [-0.25, -0.2) is 4.68 Å². The second-order valence-electron chi connectivity index (χ2n) is 11.9. The van der Waals surface area contributed by atoms with Crippen LogP contribution in [0.25, 0.3) is 5.69 Å². The van der Waals surface area contributed by atoms with Gasteiger partial charge in [-0.05, 0) is 104 Å². The van der Waals surface area contributed by atoms with E-state index >= 15 is 0 Å². The molecule has 0 spiro atoms. The molecule has 2 aliphatic heterocycles. The summed E-state index contributed by atoms with van der Waals surface area (Å²) in [6, 6.07) is 11.1. The zero-order valence-electron chi connectivity index (χ0n) is 26.2.